The predicted octanol–water partition coefficient (Wildman–Crippen LogP) is 2.49. The summed E-state index contributed by atoms with van der Waals surface area (Å²) >= 11 is 0. The topological polar surface area (TPSA) is 72.1 Å². The van der Waals surface area contributed by atoms with Crippen molar-refractivity contribution in [2.75, 3.05) is 26.2 Å². The van der Waals surface area contributed by atoms with E-state index in [1.807, 2.05) is 39.4 Å². The standard InChI is InChI=1S/C24H31N7O/c1-28-21-11-14-30(22(32)17-29-12-7-2-3-8-13-29)16-20(21)23(27-28)24-26-25-18-31(24)15-19-9-5-4-6-10-19/h4-6,9-10,18H,2-3,7-8,11-17H2,1H3. The van der Waals surface area contributed by atoms with Crippen LogP contribution in [-0.4, -0.2) is 66.4 Å². The second-order valence-electron chi connectivity index (χ2n) is 8.92. The Labute approximate surface area is 188 Å². The van der Waals surface area contributed by atoms with Gasteiger partial charge in [-0.2, -0.15) is 5.10 Å². The number of nitrogens with zero attached hydrogens (tertiary/aromatic N) is 7. The van der Waals surface area contributed by atoms with Gasteiger partial charge in [0.05, 0.1) is 13.1 Å². The van der Waals surface area contributed by atoms with E-state index < -0.39 is 0 Å². The molecule has 1 amide bonds. The van der Waals surface area contributed by atoms with E-state index >= 15 is 0 Å². The molecule has 0 radical (unpaired) electrons. The van der Waals surface area contributed by atoms with Gasteiger partial charge >= 0.3 is 0 Å². The fourth-order valence-electron chi connectivity index (χ4n) is 4.90. The molecule has 0 aliphatic carbocycles. The van der Waals surface area contributed by atoms with Crippen LogP contribution in [-0.2, 0) is 31.4 Å². The molecular formula is C24H31N7O. The van der Waals surface area contributed by atoms with Crippen molar-refractivity contribution in [3.63, 3.8) is 0 Å². The van der Waals surface area contributed by atoms with Crippen LogP contribution in [0.15, 0.2) is 36.7 Å². The first-order valence-corrected chi connectivity index (χ1v) is 11.7. The fourth-order valence-corrected chi connectivity index (χ4v) is 4.90. The summed E-state index contributed by atoms with van der Waals surface area (Å²) < 4.78 is 3.98. The number of amides is 1. The number of rotatable bonds is 5. The van der Waals surface area contributed by atoms with E-state index in [4.69, 9.17) is 5.10 Å². The zero-order valence-corrected chi connectivity index (χ0v) is 18.8. The largest absolute Gasteiger partial charge is 0.337 e. The summed E-state index contributed by atoms with van der Waals surface area (Å²) in [6.07, 6.45) is 7.52. The minimum Gasteiger partial charge on any atom is -0.337 e. The normalized spacial score (nSPS) is 17.2. The Morgan fingerprint density at radius 2 is 1.81 bits per heavy atom. The average molecular weight is 434 g/mol. The van der Waals surface area contributed by atoms with Gasteiger partial charge in [0.15, 0.2) is 5.82 Å². The quantitative estimate of drug-likeness (QED) is 0.618. The molecule has 2 aliphatic rings. The second kappa shape index (κ2) is 9.24. The second-order valence-corrected chi connectivity index (χ2v) is 8.92. The minimum atomic E-state index is 0.220. The molecule has 5 rings (SSSR count). The van der Waals surface area contributed by atoms with Crippen LogP contribution in [0.5, 0.6) is 0 Å². The van der Waals surface area contributed by atoms with Crippen molar-refractivity contribution in [2.24, 2.45) is 7.05 Å². The van der Waals surface area contributed by atoms with Crippen molar-refractivity contribution in [1.29, 1.82) is 0 Å². The number of hydrogen-bond acceptors (Lipinski definition) is 5. The number of likely N-dealkylation sites (tertiary alicyclic amines) is 1. The van der Waals surface area contributed by atoms with Crippen LogP contribution in [0.25, 0.3) is 11.5 Å². The Morgan fingerprint density at radius 3 is 2.59 bits per heavy atom. The Hall–Kier alpha value is -3.00. The van der Waals surface area contributed by atoms with Crippen LogP contribution in [0, 0.1) is 0 Å². The van der Waals surface area contributed by atoms with Crippen molar-refractivity contribution in [1.82, 2.24) is 34.3 Å². The summed E-state index contributed by atoms with van der Waals surface area (Å²) in [7, 11) is 1.98. The molecule has 168 valence electrons. The van der Waals surface area contributed by atoms with Crippen LogP contribution in [0.4, 0.5) is 0 Å². The first kappa shape index (κ1) is 20.9. The molecule has 0 atom stereocenters. The van der Waals surface area contributed by atoms with Gasteiger partial charge in [-0.25, -0.2) is 0 Å². The van der Waals surface area contributed by atoms with Gasteiger partial charge < -0.3 is 9.47 Å². The molecule has 0 saturated carbocycles. The Morgan fingerprint density at radius 1 is 1.03 bits per heavy atom. The highest BCUT2D eigenvalue weighted by Gasteiger charge is 2.29. The van der Waals surface area contributed by atoms with Gasteiger partial charge in [-0.3, -0.25) is 14.4 Å². The number of fused-ring (bicyclic) bond motifs is 1. The smallest absolute Gasteiger partial charge is 0.237 e. The van der Waals surface area contributed by atoms with Gasteiger partial charge in [0, 0.05) is 37.8 Å². The lowest BCUT2D eigenvalue weighted by molar-refractivity contribution is -0.133. The summed E-state index contributed by atoms with van der Waals surface area (Å²) in [5.41, 5.74) is 4.31. The highest BCUT2D eigenvalue weighted by Crippen LogP contribution is 2.29. The zero-order valence-electron chi connectivity index (χ0n) is 18.8. The molecule has 1 aromatic carbocycles. The third-order valence-corrected chi connectivity index (χ3v) is 6.68. The van der Waals surface area contributed by atoms with Gasteiger partial charge in [0.25, 0.3) is 0 Å². The van der Waals surface area contributed by atoms with Crippen LogP contribution in [0.1, 0.15) is 42.5 Å². The van der Waals surface area contributed by atoms with E-state index in [1.165, 1.54) is 36.9 Å². The van der Waals surface area contributed by atoms with Crippen molar-refractivity contribution in [3.8, 4) is 11.5 Å². The van der Waals surface area contributed by atoms with E-state index in [2.05, 4.69) is 27.2 Å². The lowest BCUT2D eigenvalue weighted by atomic mass is 10.0. The van der Waals surface area contributed by atoms with Crippen molar-refractivity contribution < 1.29 is 4.79 Å². The van der Waals surface area contributed by atoms with E-state index in [0.717, 1.165) is 43.1 Å². The highest BCUT2D eigenvalue weighted by molar-refractivity contribution is 5.79. The Balaban J connectivity index is 1.36. The summed E-state index contributed by atoms with van der Waals surface area (Å²) in [6, 6.07) is 10.3. The van der Waals surface area contributed by atoms with Crippen LogP contribution < -0.4 is 0 Å². The minimum absolute atomic E-state index is 0.220. The Bertz CT molecular complexity index is 1060. The summed E-state index contributed by atoms with van der Waals surface area (Å²) in [5, 5.41) is 13.4. The third kappa shape index (κ3) is 4.32. The summed E-state index contributed by atoms with van der Waals surface area (Å²) in [5.74, 6) is 0.977. The molecule has 0 N–H and O–H groups in total. The number of aryl methyl sites for hydroxylation is 1. The van der Waals surface area contributed by atoms with Gasteiger partial charge in [-0.15, -0.1) is 10.2 Å². The molecule has 0 unspecified atom stereocenters. The maximum absolute atomic E-state index is 13.1. The van der Waals surface area contributed by atoms with E-state index in [1.54, 1.807) is 6.33 Å². The van der Waals surface area contributed by atoms with Crippen molar-refractivity contribution >= 4 is 5.91 Å². The third-order valence-electron chi connectivity index (χ3n) is 6.68. The van der Waals surface area contributed by atoms with Crippen molar-refractivity contribution in [2.45, 2.75) is 45.2 Å². The van der Waals surface area contributed by atoms with E-state index in [0.29, 0.717) is 19.6 Å². The first-order valence-electron chi connectivity index (χ1n) is 11.7. The predicted molar refractivity (Wildman–Crippen MR) is 122 cm³/mol. The first-order chi connectivity index (χ1) is 15.7. The monoisotopic (exact) mass is 433 g/mol. The van der Waals surface area contributed by atoms with E-state index in [9.17, 15) is 4.79 Å². The van der Waals surface area contributed by atoms with Crippen LogP contribution in [0.2, 0.25) is 0 Å². The highest BCUT2D eigenvalue weighted by atomic mass is 16.2. The molecule has 1 saturated heterocycles. The molecule has 1 fully saturated rings. The number of carbonyl (C=O) groups is 1. The molecule has 0 bridgehead atoms. The molecule has 8 heteroatoms. The van der Waals surface area contributed by atoms with Gasteiger partial charge in [-0.1, -0.05) is 43.2 Å². The number of carbonyl (C=O) groups excluding carboxylic acids is 1. The Kier molecular flexibility index (Phi) is 6.03. The SMILES string of the molecule is Cn1nc(-c2nncn2Cc2ccccc2)c2c1CCN(C(=O)CN1CCCCCC1)C2. The fraction of sp³-hybridized carbons (Fsp3) is 0.500. The summed E-state index contributed by atoms with van der Waals surface area (Å²) in [4.78, 5) is 17.4. The molecule has 4 heterocycles. The van der Waals surface area contributed by atoms with Gasteiger partial charge in [0.1, 0.15) is 12.0 Å². The van der Waals surface area contributed by atoms with E-state index in [-0.39, 0.29) is 5.91 Å². The molecule has 32 heavy (non-hydrogen) atoms. The molecule has 2 aromatic heterocycles. The average Bonchev–Trinajstić information content (AvgIpc) is 3.29. The zero-order chi connectivity index (χ0) is 21.9. The number of benzene rings is 1. The lowest BCUT2D eigenvalue weighted by Gasteiger charge is -2.30. The maximum Gasteiger partial charge on any atom is 0.237 e. The van der Waals surface area contributed by atoms with Crippen LogP contribution in [0.3, 0.4) is 0 Å². The number of aromatic nitrogens is 5. The van der Waals surface area contributed by atoms with Crippen LogP contribution >= 0.6 is 0 Å². The molecular weight excluding hydrogens is 402 g/mol. The number of hydrogen-bond donors (Lipinski definition) is 0. The molecule has 2 aliphatic heterocycles. The lowest BCUT2D eigenvalue weighted by Crippen LogP contribution is -2.43. The van der Waals surface area contributed by atoms with Gasteiger partial charge in [-0.05, 0) is 31.5 Å². The molecule has 8 nitrogen and oxygen atoms in total. The van der Waals surface area contributed by atoms with Gasteiger partial charge in [0.2, 0.25) is 5.91 Å². The van der Waals surface area contributed by atoms with Crippen molar-refractivity contribution in [3.05, 3.63) is 53.5 Å². The summed E-state index contributed by atoms with van der Waals surface area (Å²) in [6.45, 7) is 4.61. The molecule has 0 spiro atoms. The maximum atomic E-state index is 13.1. The molecule has 3 aromatic rings.